The van der Waals surface area contributed by atoms with Crippen LogP contribution < -0.4 is 0 Å². The SMILES string of the molecule is Cc1noc([C@@H]2[C@@H](C)OCCN2Cc2nsc3ccccc23)n1. The number of fused-ring (bicyclic) bond motifs is 1. The van der Waals surface area contributed by atoms with Gasteiger partial charge < -0.3 is 9.26 Å². The van der Waals surface area contributed by atoms with Gasteiger partial charge in [-0.05, 0) is 31.4 Å². The highest BCUT2D eigenvalue weighted by Crippen LogP contribution is 2.31. The molecule has 23 heavy (non-hydrogen) atoms. The molecule has 2 aromatic heterocycles. The average Bonchev–Trinajstić information content (AvgIpc) is 3.15. The lowest BCUT2D eigenvalue weighted by molar-refractivity contribution is -0.0764. The van der Waals surface area contributed by atoms with Crippen LogP contribution in [0.4, 0.5) is 0 Å². The molecule has 1 aliphatic heterocycles. The number of rotatable bonds is 3. The second-order valence-electron chi connectivity index (χ2n) is 5.80. The number of ether oxygens (including phenoxy) is 1. The Morgan fingerprint density at radius 2 is 2.22 bits per heavy atom. The topological polar surface area (TPSA) is 64.3 Å². The number of nitrogens with zero attached hydrogens (tertiary/aromatic N) is 4. The van der Waals surface area contributed by atoms with E-state index in [-0.39, 0.29) is 12.1 Å². The van der Waals surface area contributed by atoms with Crippen molar-refractivity contribution >= 4 is 21.6 Å². The van der Waals surface area contributed by atoms with Crippen molar-refractivity contribution in [3.8, 4) is 0 Å². The van der Waals surface area contributed by atoms with Crippen LogP contribution >= 0.6 is 11.5 Å². The van der Waals surface area contributed by atoms with Gasteiger partial charge in [0, 0.05) is 18.5 Å². The van der Waals surface area contributed by atoms with Crippen molar-refractivity contribution in [2.45, 2.75) is 32.5 Å². The van der Waals surface area contributed by atoms with Gasteiger partial charge in [-0.25, -0.2) is 0 Å². The molecule has 0 spiro atoms. The highest BCUT2D eigenvalue weighted by Gasteiger charge is 2.35. The van der Waals surface area contributed by atoms with Crippen LogP contribution in [0.2, 0.25) is 0 Å². The van der Waals surface area contributed by atoms with Crippen LogP contribution in [0, 0.1) is 6.92 Å². The molecule has 0 aliphatic carbocycles. The lowest BCUT2D eigenvalue weighted by Gasteiger charge is -2.37. The van der Waals surface area contributed by atoms with Crippen LogP contribution in [0.15, 0.2) is 28.8 Å². The summed E-state index contributed by atoms with van der Waals surface area (Å²) >= 11 is 1.55. The van der Waals surface area contributed by atoms with Crippen molar-refractivity contribution in [3.05, 3.63) is 41.7 Å². The molecule has 120 valence electrons. The Morgan fingerprint density at radius 1 is 1.35 bits per heavy atom. The van der Waals surface area contributed by atoms with E-state index < -0.39 is 0 Å². The standard InChI is InChI=1S/C16H18N4O2S/c1-10-15(16-17-11(2)18-22-16)20(7-8-21-10)9-13-12-5-3-4-6-14(12)23-19-13/h3-6,10,15H,7-9H2,1-2H3/t10-,15+/m1/s1. The van der Waals surface area contributed by atoms with Gasteiger partial charge in [-0.15, -0.1) is 0 Å². The summed E-state index contributed by atoms with van der Waals surface area (Å²) in [5, 5.41) is 5.15. The maximum absolute atomic E-state index is 5.80. The van der Waals surface area contributed by atoms with E-state index in [1.165, 1.54) is 10.1 Å². The summed E-state index contributed by atoms with van der Waals surface area (Å²) < 4.78 is 17.1. The fraction of sp³-hybridized carbons (Fsp3) is 0.438. The molecule has 0 unspecified atom stereocenters. The van der Waals surface area contributed by atoms with E-state index in [9.17, 15) is 0 Å². The third-order valence-electron chi connectivity index (χ3n) is 4.20. The van der Waals surface area contributed by atoms with Crippen LogP contribution in [0.3, 0.4) is 0 Å². The Morgan fingerprint density at radius 3 is 3.04 bits per heavy atom. The number of aryl methyl sites for hydroxylation is 1. The van der Waals surface area contributed by atoms with Crippen molar-refractivity contribution in [2.75, 3.05) is 13.2 Å². The fourth-order valence-electron chi connectivity index (χ4n) is 3.10. The van der Waals surface area contributed by atoms with E-state index in [1.54, 1.807) is 11.5 Å². The maximum Gasteiger partial charge on any atom is 0.246 e. The Kier molecular flexibility index (Phi) is 3.84. The van der Waals surface area contributed by atoms with E-state index in [2.05, 4.69) is 44.5 Å². The number of morpholine rings is 1. The molecule has 1 aliphatic rings. The lowest BCUT2D eigenvalue weighted by Crippen LogP contribution is -2.43. The molecule has 1 aromatic carbocycles. The molecule has 1 fully saturated rings. The zero-order valence-corrected chi connectivity index (χ0v) is 13.9. The maximum atomic E-state index is 5.80. The third-order valence-corrected chi connectivity index (χ3v) is 5.06. The fourth-order valence-corrected chi connectivity index (χ4v) is 3.88. The molecular weight excluding hydrogens is 312 g/mol. The largest absolute Gasteiger partial charge is 0.375 e. The van der Waals surface area contributed by atoms with Gasteiger partial charge in [-0.2, -0.15) is 9.36 Å². The number of hydrogen-bond donors (Lipinski definition) is 0. The van der Waals surface area contributed by atoms with E-state index in [0.717, 1.165) is 18.8 Å². The normalized spacial score (nSPS) is 22.7. The van der Waals surface area contributed by atoms with Crippen LogP contribution in [0.5, 0.6) is 0 Å². The van der Waals surface area contributed by atoms with Gasteiger partial charge in [0.25, 0.3) is 0 Å². The van der Waals surface area contributed by atoms with Crippen LogP contribution in [0.25, 0.3) is 10.1 Å². The predicted octanol–water partition coefficient (Wildman–Crippen LogP) is 2.95. The van der Waals surface area contributed by atoms with E-state index in [1.807, 2.05) is 13.0 Å². The second kappa shape index (κ2) is 5.99. The van der Waals surface area contributed by atoms with Gasteiger partial charge in [0.05, 0.1) is 23.1 Å². The highest BCUT2D eigenvalue weighted by molar-refractivity contribution is 7.13. The molecule has 1 saturated heterocycles. The molecule has 0 saturated carbocycles. The van der Waals surface area contributed by atoms with E-state index >= 15 is 0 Å². The molecule has 3 aromatic rings. The first-order valence-corrected chi connectivity index (χ1v) is 8.49. The lowest BCUT2D eigenvalue weighted by atomic mass is 10.1. The summed E-state index contributed by atoms with van der Waals surface area (Å²) in [6, 6.07) is 8.30. The predicted molar refractivity (Wildman–Crippen MR) is 87.2 cm³/mol. The molecule has 6 nitrogen and oxygen atoms in total. The Labute approximate surface area is 138 Å². The summed E-state index contributed by atoms with van der Waals surface area (Å²) in [5.74, 6) is 1.27. The molecule has 4 rings (SSSR count). The van der Waals surface area contributed by atoms with E-state index in [4.69, 9.17) is 9.26 Å². The minimum atomic E-state index is -0.0367. The molecule has 3 heterocycles. The average molecular weight is 330 g/mol. The first kappa shape index (κ1) is 14.7. The second-order valence-corrected chi connectivity index (χ2v) is 6.60. The Balaban J connectivity index is 1.65. The molecule has 7 heteroatoms. The quantitative estimate of drug-likeness (QED) is 0.736. The van der Waals surface area contributed by atoms with Crippen LogP contribution in [0.1, 0.15) is 30.4 Å². The Hall–Kier alpha value is -1.83. The van der Waals surface area contributed by atoms with E-state index in [0.29, 0.717) is 18.3 Å². The zero-order chi connectivity index (χ0) is 15.8. The molecule has 0 N–H and O–H groups in total. The first-order chi connectivity index (χ1) is 11.2. The monoisotopic (exact) mass is 330 g/mol. The molecule has 0 amide bonds. The van der Waals surface area contributed by atoms with Crippen LogP contribution in [-0.2, 0) is 11.3 Å². The summed E-state index contributed by atoms with van der Waals surface area (Å²) in [4.78, 5) is 6.73. The molecular formula is C16H18N4O2S. The zero-order valence-electron chi connectivity index (χ0n) is 13.1. The minimum Gasteiger partial charge on any atom is -0.375 e. The van der Waals surface area contributed by atoms with Gasteiger partial charge in [-0.1, -0.05) is 23.4 Å². The summed E-state index contributed by atoms with van der Waals surface area (Å²) in [6.07, 6.45) is 0.00787. The van der Waals surface area contributed by atoms with Gasteiger partial charge in [0.15, 0.2) is 5.82 Å². The molecule has 0 radical (unpaired) electrons. The van der Waals surface area contributed by atoms with Gasteiger partial charge in [0.2, 0.25) is 5.89 Å². The van der Waals surface area contributed by atoms with Gasteiger partial charge >= 0.3 is 0 Å². The third kappa shape index (κ3) is 2.75. The molecule has 2 atom stereocenters. The van der Waals surface area contributed by atoms with Crippen molar-refractivity contribution in [2.24, 2.45) is 0 Å². The van der Waals surface area contributed by atoms with Gasteiger partial charge in [-0.3, -0.25) is 4.90 Å². The number of hydrogen-bond acceptors (Lipinski definition) is 7. The van der Waals surface area contributed by atoms with Crippen molar-refractivity contribution < 1.29 is 9.26 Å². The Bertz CT molecular complexity index is 815. The summed E-state index contributed by atoms with van der Waals surface area (Å²) in [5.41, 5.74) is 1.10. The van der Waals surface area contributed by atoms with Crippen molar-refractivity contribution in [3.63, 3.8) is 0 Å². The number of aromatic nitrogens is 3. The smallest absolute Gasteiger partial charge is 0.246 e. The van der Waals surface area contributed by atoms with Gasteiger partial charge in [0.1, 0.15) is 6.04 Å². The van der Waals surface area contributed by atoms with Crippen molar-refractivity contribution in [1.29, 1.82) is 0 Å². The summed E-state index contributed by atoms with van der Waals surface area (Å²) in [7, 11) is 0. The number of benzene rings is 1. The van der Waals surface area contributed by atoms with Crippen molar-refractivity contribution in [1.82, 2.24) is 19.4 Å². The first-order valence-electron chi connectivity index (χ1n) is 7.71. The van der Waals surface area contributed by atoms with Crippen LogP contribution in [-0.4, -0.2) is 38.7 Å². The minimum absolute atomic E-state index is 0.00787. The molecule has 0 bridgehead atoms. The highest BCUT2D eigenvalue weighted by atomic mass is 32.1. The summed E-state index contributed by atoms with van der Waals surface area (Å²) in [6.45, 7) is 6.16.